The van der Waals surface area contributed by atoms with Gasteiger partial charge in [-0.05, 0) is 48.9 Å². The molecule has 0 atom stereocenters. The Morgan fingerprint density at radius 2 is 1.73 bits per heavy atom. The van der Waals surface area contributed by atoms with Gasteiger partial charge in [0, 0.05) is 61.8 Å². The molecule has 0 aromatic heterocycles. The number of hydrogen-bond acceptors (Lipinski definition) is 6. The van der Waals surface area contributed by atoms with Gasteiger partial charge in [0.25, 0.3) is 11.8 Å². The van der Waals surface area contributed by atoms with E-state index in [1.165, 1.54) is 0 Å². The summed E-state index contributed by atoms with van der Waals surface area (Å²) in [4.78, 5) is 31.2. The summed E-state index contributed by atoms with van der Waals surface area (Å²) >= 11 is 0. The van der Waals surface area contributed by atoms with Crippen molar-refractivity contribution in [2.45, 2.75) is 6.42 Å². The SMILES string of the molecule is O=C(NC1=NCCCN1)c1ccc(Nc2cccc(C(=O)N3CCNCC3)c2)cc1. The highest BCUT2D eigenvalue weighted by Gasteiger charge is 2.18. The zero-order valence-electron chi connectivity index (χ0n) is 16.8. The van der Waals surface area contributed by atoms with E-state index >= 15 is 0 Å². The topological polar surface area (TPSA) is 97.9 Å². The number of amides is 2. The largest absolute Gasteiger partial charge is 0.356 e. The molecule has 30 heavy (non-hydrogen) atoms. The highest BCUT2D eigenvalue weighted by molar-refractivity contribution is 6.06. The second kappa shape index (κ2) is 9.41. The molecule has 4 N–H and O–H groups in total. The summed E-state index contributed by atoms with van der Waals surface area (Å²) in [6.45, 7) is 4.64. The lowest BCUT2D eigenvalue weighted by Gasteiger charge is -2.27. The number of carbonyl (C=O) groups is 2. The summed E-state index contributed by atoms with van der Waals surface area (Å²) in [7, 11) is 0. The van der Waals surface area contributed by atoms with Crippen LogP contribution in [-0.4, -0.2) is 61.9 Å². The number of aliphatic imine (C=N–C) groups is 1. The van der Waals surface area contributed by atoms with Gasteiger partial charge in [0.2, 0.25) is 0 Å². The van der Waals surface area contributed by atoms with Gasteiger partial charge in [0.15, 0.2) is 5.96 Å². The Kier molecular flexibility index (Phi) is 6.24. The first-order valence-electron chi connectivity index (χ1n) is 10.3. The van der Waals surface area contributed by atoms with Crippen LogP contribution in [0.2, 0.25) is 0 Å². The molecule has 2 aromatic rings. The van der Waals surface area contributed by atoms with Gasteiger partial charge in [0.1, 0.15) is 0 Å². The molecule has 2 amide bonds. The Bertz CT molecular complexity index is 935. The van der Waals surface area contributed by atoms with Crippen LogP contribution in [0.4, 0.5) is 11.4 Å². The van der Waals surface area contributed by atoms with Crippen LogP contribution in [-0.2, 0) is 0 Å². The Morgan fingerprint density at radius 3 is 2.47 bits per heavy atom. The lowest BCUT2D eigenvalue weighted by atomic mass is 10.1. The van der Waals surface area contributed by atoms with E-state index in [9.17, 15) is 9.59 Å². The quantitative estimate of drug-likeness (QED) is 0.618. The van der Waals surface area contributed by atoms with E-state index < -0.39 is 0 Å². The van der Waals surface area contributed by atoms with Gasteiger partial charge >= 0.3 is 0 Å². The molecule has 0 aliphatic carbocycles. The van der Waals surface area contributed by atoms with Crippen LogP contribution in [0.1, 0.15) is 27.1 Å². The Labute approximate surface area is 175 Å². The zero-order valence-corrected chi connectivity index (χ0v) is 16.8. The minimum atomic E-state index is -0.196. The maximum absolute atomic E-state index is 12.7. The molecule has 0 bridgehead atoms. The average molecular weight is 406 g/mol. The molecule has 0 radical (unpaired) electrons. The van der Waals surface area contributed by atoms with Crippen LogP contribution in [0.5, 0.6) is 0 Å². The monoisotopic (exact) mass is 406 g/mol. The molecule has 0 unspecified atom stereocenters. The number of hydrogen-bond donors (Lipinski definition) is 4. The van der Waals surface area contributed by atoms with Crippen molar-refractivity contribution in [3.05, 3.63) is 59.7 Å². The van der Waals surface area contributed by atoms with E-state index in [0.29, 0.717) is 17.1 Å². The third-order valence-electron chi connectivity index (χ3n) is 5.08. The first-order chi connectivity index (χ1) is 14.7. The average Bonchev–Trinajstić information content (AvgIpc) is 2.80. The summed E-state index contributed by atoms with van der Waals surface area (Å²) in [5, 5.41) is 12.4. The predicted molar refractivity (Wildman–Crippen MR) is 117 cm³/mol. The number of rotatable bonds is 4. The van der Waals surface area contributed by atoms with Crippen LogP contribution in [0.25, 0.3) is 0 Å². The molecule has 2 aliphatic heterocycles. The summed E-state index contributed by atoms with van der Waals surface area (Å²) in [6, 6.07) is 14.7. The number of benzene rings is 2. The standard InChI is InChI=1S/C22H26N6O2/c29-20(27-22-24-9-2-10-25-22)16-5-7-18(8-6-16)26-19-4-1-3-17(15-19)21(30)28-13-11-23-12-14-28/h1,3-8,15,23,26H,2,9-14H2,(H2,24,25,27,29). The van der Waals surface area contributed by atoms with Gasteiger partial charge in [-0.3, -0.25) is 19.9 Å². The van der Waals surface area contributed by atoms with Crippen LogP contribution in [0.15, 0.2) is 53.5 Å². The van der Waals surface area contributed by atoms with Gasteiger partial charge in [-0.15, -0.1) is 0 Å². The smallest absolute Gasteiger partial charge is 0.257 e. The maximum atomic E-state index is 12.7. The van der Waals surface area contributed by atoms with Gasteiger partial charge in [0.05, 0.1) is 0 Å². The van der Waals surface area contributed by atoms with Gasteiger partial charge in [-0.2, -0.15) is 0 Å². The van der Waals surface area contributed by atoms with Crippen molar-refractivity contribution in [2.75, 3.05) is 44.6 Å². The predicted octanol–water partition coefficient (Wildman–Crippen LogP) is 1.55. The molecule has 8 nitrogen and oxygen atoms in total. The van der Waals surface area contributed by atoms with Crippen molar-refractivity contribution < 1.29 is 9.59 Å². The van der Waals surface area contributed by atoms with Crippen molar-refractivity contribution in [1.29, 1.82) is 0 Å². The van der Waals surface area contributed by atoms with Gasteiger partial charge in [-0.25, -0.2) is 0 Å². The molecule has 1 saturated heterocycles. The summed E-state index contributed by atoms with van der Waals surface area (Å²) < 4.78 is 0. The molecular weight excluding hydrogens is 380 g/mol. The Hall–Kier alpha value is -3.39. The molecule has 0 saturated carbocycles. The summed E-state index contributed by atoms with van der Waals surface area (Å²) in [5.41, 5.74) is 2.89. The fourth-order valence-corrected chi connectivity index (χ4v) is 3.45. The fourth-order valence-electron chi connectivity index (χ4n) is 3.45. The van der Waals surface area contributed by atoms with Crippen LogP contribution < -0.4 is 21.3 Å². The van der Waals surface area contributed by atoms with Crippen molar-refractivity contribution in [1.82, 2.24) is 20.9 Å². The fraction of sp³-hybridized carbons (Fsp3) is 0.318. The van der Waals surface area contributed by atoms with E-state index in [1.54, 1.807) is 12.1 Å². The van der Waals surface area contributed by atoms with Crippen molar-refractivity contribution in [3.63, 3.8) is 0 Å². The molecule has 2 heterocycles. The van der Waals surface area contributed by atoms with Crippen molar-refractivity contribution in [2.24, 2.45) is 4.99 Å². The molecule has 2 aliphatic rings. The van der Waals surface area contributed by atoms with Gasteiger partial charge < -0.3 is 20.9 Å². The summed E-state index contributed by atoms with van der Waals surface area (Å²) in [5.74, 6) is 0.379. The van der Waals surface area contributed by atoms with E-state index in [2.05, 4.69) is 26.3 Å². The Morgan fingerprint density at radius 1 is 0.933 bits per heavy atom. The second-order valence-corrected chi connectivity index (χ2v) is 7.29. The van der Waals surface area contributed by atoms with Crippen LogP contribution >= 0.6 is 0 Å². The molecule has 8 heteroatoms. The van der Waals surface area contributed by atoms with E-state index in [-0.39, 0.29) is 11.8 Å². The highest BCUT2D eigenvalue weighted by atomic mass is 16.2. The molecule has 1 fully saturated rings. The molecule has 0 spiro atoms. The van der Waals surface area contributed by atoms with Crippen molar-refractivity contribution >= 4 is 29.1 Å². The number of nitrogens with zero attached hydrogens (tertiary/aromatic N) is 2. The van der Waals surface area contributed by atoms with Crippen LogP contribution in [0.3, 0.4) is 0 Å². The molecular formula is C22H26N6O2. The first kappa shape index (κ1) is 19.9. The second-order valence-electron chi connectivity index (χ2n) is 7.29. The number of anilines is 2. The van der Waals surface area contributed by atoms with Gasteiger partial charge in [-0.1, -0.05) is 6.07 Å². The van der Waals surface area contributed by atoms with Crippen LogP contribution in [0, 0.1) is 0 Å². The van der Waals surface area contributed by atoms with E-state index in [0.717, 1.165) is 57.1 Å². The Balaban J connectivity index is 1.39. The van der Waals surface area contributed by atoms with E-state index in [1.807, 2.05) is 41.3 Å². The first-order valence-corrected chi connectivity index (χ1v) is 10.3. The summed E-state index contributed by atoms with van der Waals surface area (Å²) in [6.07, 6.45) is 0.974. The normalized spacial score (nSPS) is 16.3. The number of piperazine rings is 1. The lowest BCUT2D eigenvalue weighted by molar-refractivity contribution is 0.0735. The minimum absolute atomic E-state index is 0.0476. The van der Waals surface area contributed by atoms with E-state index in [4.69, 9.17) is 0 Å². The molecule has 156 valence electrons. The maximum Gasteiger partial charge on any atom is 0.257 e. The zero-order chi connectivity index (χ0) is 20.8. The highest BCUT2D eigenvalue weighted by Crippen LogP contribution is 2.19. The number of carbonyl (C=O) groups excluding carboxylic acids is 2. The minimum Gasteiger partial charge on any atom is -0.356 e. The number of guanidine groups is 1. The van der Waals surface area contributed by atoms with Crippen molar-refractivity contribution in [3.8, 4) is 0 Å². The lowest BCUT2D eigenvalue weighted by Crippen LogP contribution is -2.46. The molecule has 4 rings (SSSR count). The third-order valence-corrected chi connectivity index (χ3v) is 5.08. The third kappa shape index (κ3) is 4.96. The molecule has 2 aromatic carbocycles. The number of nitrogens with one attached hydrogen (secondary N) is 4.